The summed E-state index contributed by atoms with van der Waals surface area (Å²) in [5, 5.41) is -0.603. The molecule has 0 aliphatic carbocycles. The van der Waals surface area contributed by atoms with Gasteiger partial charge in [-0.3, -0.25) is 0 Å². The maximum atomic E-state index is 11.9. The normalized spacial score (nSPS) is 14.3. The molecule has 0 heterocycles. The highest BCUT2D eigenvalue weighted by Gasteiger charge is 2.46. The molecule has 0 aromatic heterocycles. The lowest BCUT2D eigenvalue weighted by Crippen LogP contribution is -2.53. The monoisotopic (exact) mass is 412 g/mol. The van der Waals surface area contributed by atoms with Crippen LogP contribution in [0.2, 0.25) is 0 Å². The van der Waals surface area contributed by atoms with Crippen LogP contribution in [0.25, 0.3) is 0 Å². The predicted octanol–water partition coefficient (Wildman–Crippen LogP) is 8.18. The molecule has 0 aliphatic rings. The summed E-state index contributed by atoms with van der Waals surface area (Å²) in [7, 11) is 3.60. The molecule has 0 rings (SSSR count). The van der Waals surface area contributed by atoms with Gasteiger partial charge in [-0.25, -0.2) is 9.13 Å². The summed E-state index contributed by atoms with van der Waals surface area (Å²) in [5.74, 6) is 0. The zero-order valence-corrected chi connectivity index (χ0v) is 20.2. The van der Waals surface area contributed by atoms with Crippen LogP contribution in [0, 0.1) is 0 Å². The Morgan fingerprint density at radius 1 is 0.750 bits per heavy atom. The van der Waals surface area contributed by atoms with Crippen molar-refractivity contribution in [3.05, 3.63) is 24.8 Å². The van der Waals surface area contributed by atoms with Gasteiger partial charge in [-0.15, -0.1) is 6.58 Å². The van der Waals surface area contributed by atoms with Gasteiger partial charge in [0.1, 0.15) is 0 Å². The first-order valence-electron chi connectivity index (χ1n) is 11.5. The molecule has 0 aliphatic heterocycles. The number of allylic oxidation sites excluding steroid dienone is 3. The SMILES string of the molecule is C=CCCCCC=CCCCCCCCCCCC(CC)(P(=O)=O)[N+](C)(C)C. The fourth-order valence-electron chi connectivity index (χ4n) is 3.97. The number of hydrogen-bond acceptors (Lipinski definition) is 2. The molecule has 4 heteroatoms. The van der Waals surface area contributed by atoms with Gasteiger partial charge < -0.3 is 4.48 Å². The van der Waals surface area contributed by atoms with E-state index in [0.717, 1.165) is 25.7 Å². The summed E-state index contributed by atoms with van der Waals surface area (Å²) in [4.78, 5) is 0. The Balaban J connectivity index is 3.67. The van der Waals surface area contributed by atoms with Crippen molar-refractivity contribution in [1.82, 2.24) is 0 Å². The van der Waals surface area contributed by atoms with Crippen LogP contribution in [-0.2, 0) is 9.13 Å². The van der Waals surface area contributed by atoms with Crippen LogP contribution in [0.1, 0.15) is 103 Å². The second-order valence-corrected chi connectivity index (χ2v) is 10.4. The predicted molar refractivity (Wildman–Crippen MR) is 123 cm³/mol. The van der Waals surface area contributed by atoms with Crippen LogP contribution < -0.4 is 0 Å². The summed E-state index contributed by atoms with van der Waals surface area (Å²) < 4.78 is 24.3. The third-order valence-corrected chi connectivity index (χ3v) is 7.87. The van der Waals surface area contributed by atoms with E-state index in [-0.39, 0.29) is 0 Å². The van der Waals surface area contributed by atoms with Crippen LogP contribution in [0.3, 0.4) is 0 Å². The van der Waals surface area contributed by atoms with E-state index in [1.165, 1.54) is 64.2 Å². The average Bonchev–Trinajstić information content (AvgIpc) is 2.63. The Hall–Kier alpha value is -0.660. The van der Waals surface area contributed by atoms with Crippen molar-refractivity contribution >= 4 is 7.68 Å². The van der Waals surface area contributed by atoms with Gasteiger partial charge in [0.05, 0.1) is 21.1 Å². The van der Waals surface area contributed by atoms with Crippen molar-refractivity contribution in [1.29, 1.82) is 0 Å². The van der Waals surface area contributed by atoms with Gasteiger partial charge in [-0.1, -0.05) is 63.7 Å². The number of rotatable bonds is 19. The standard InChI is InChI=1S/C24H47NO2P/c1-6-8-9-10-11-12-13-14-15-16-17-18-19-20-21-22-23-24(7-2,28(26)27)25(3,4)5/h6,12-13H,1,7-11,14-23H2,2-5H3/q+1. The van der Waals surface area contributed by atoms with Crippen molar-refractivity contribution in [3.8, 4) is 0 Å². The van der Waals surface area contributed by atoms with Crippen molar-refractivity contribution in [2.45, 2.75) is 109 Å². The lowest BCUT2D eigenvalue weighted by Gasteiger charge is -2.40. The molecule has 164 valence electrons. The number of unbranched alkanes of at least 4 members (excludes halogenated alkanes) is 11. The van der Waals surface area contributed by atoms with E-state index in [0.29, 0.717) is 10.9 Å². The third-order valence-electron chi connectivity index (χ3n) is 6.05. The first-order chi connectivity index (χ1) is 13.3. The van der Waals surface area contributed by atoms with Crippen LogP contribution in [0.15, 0.2) is 24.8 Å². The van der Waals surface area contributed by atoms with Gasteiger partial charge in [-0.05, 0) is 44.9 Å². The summed E-state index contributed by atoms with van der Waals surface area (Å²) in [6, 6.07) is 0. The van der Waals surface area contributed by atoms with Crippen LogP contribution in [0.5, 0.6) is 0 Å². The second kappa shape index (κ2) is 16.2. The summed E-state index contributed by atoms with van der Waals surface area (Å²) in [6.45, 7) is 5.76. The zero-order valence-electron chi connectivity index (χ0n) is 19.3. The van der Waals surface area contributed by atoms with Crippen molar-refractivity contribution in [2.75, 3.05) is 21.1 Å². The molecule has 0 radical (unpaired) electrons. The van der Waals surface area contributed by atoms with Crippen LogP contribution in [-0.4, -0.2) is 30.9 Å². The van der Waals surface area contributed by atoms with Gasteiger partial charge >= 0.3 is 7.68 Å². The van der Waals surface area contributed by atoms with E-state index in [1.807, 2.05) is 34.1 Å². The van der Waals surface area contributed by atoms with Crippen molar-refractivity contribution in [2.24, 2.45) is 0 Å². The van der Waals surface area contributed by atoms with Gasteiger partial charge in [-0.2, -0.15) is 0 Å². The smallest absolute Gasteiger partial charge is 0.314 e. The maximum Gasteiger partial charge on any atom is 0.378 e. The van der Waals surface area contributed by atoms with E-state index in [4.69, 9.17) is 0 Å². The average molecular weight is 413 g/mol. The highest BCUT2D eigenvalue weighted by Crippen LogP contribution is 2.43. The summed E-state index contributed by atoms with van der Waals surface area (Å²) in [5.41, 5.74) is 0. The van der Waals surface area contributed by atoms with E-state index in [1.54, 1.807) is 0 Å². The molecule has 0 fully saturated rings. The zero-order chi connectivity index (χ0) is 21.3. The van der Waals surface area contributed by atoms with Crippen molar-refractivity contribution < 1.29 is 13.6 Å². The topological polar surface area (TPSA) is 34.1 Å². The number of nitrogens with zero attached hydrogens (tertiary/aromatic N) is 1. The number of hydrogen-bond donors (Lipinski definition) is 0. The molecule has 0 amide bonds. The highest BCUT2D eigenvalue weighted by molar-refractivity contribution is 7.32. The van der Waals surface area contributed by atoms with E-state index >= 15 is 0 Å². The summed E-state index contributed by atoms with van der Waals surface area (Å²) >= 11 is 0. The molecule has 0 spiro atoms. The minimum absolute atomic E-state index is 0.505. The molecule has 0 bridgehead atoms. The molecule has 3 nitrogen and oxygen atoms in total. The van der Waals surface area contributed by atoms with Gasteiger partial charge in [0, 0.05) is 12.8 Å². The quantitative estimate of drug-likeness (QED) is 0.0927. The minimum atomic E-state index is -2.42. The van der Waals surface area contributed by atoms with E-state index in [2.05, 4.69) is 18.7 Å². The van der Waals surface area contributed by atoms with Gasteiger partial charge in [0.2, 0.25) is 5.28 Å². The first-order valence-corrected chi connectivity index (χ1v) is 12.7. The Kier molecular flexibility index (Phi) is 15.8. The van der Waals surface area contributed by atoms with Crippen LogP contribution >= 0.6 is 7.68 Å². The maximum absolute atomic E-state index is 11.9. The van der Waals surface area contributed by atoms with E-state index < -0.39 is 13.0 Å². The first kappa shape index (κ1) is 27.3. The fraction of sp³-hybridized carbons (Fsp3) is 0.833. The Morgan fingerprint density at radius 2 is 1.18 bits per heavy atom. The largest absolute Gasteiger partial charge is 0.378 e. The Labute approximate surface area is 176 Å². The second-order valence-electron chi connectivity index (χ2n) is 9.02. The Morgan fingerprint density at radius 3 is 1.61 bits per heavy atom. The lowest BCUT2D eigenvalue weighted by molar-refractivity contribution is -0.908. The van der Waals surface area contributed by atoms with E-state index in [9.17, 15) is 9.13 Å². The molecular formula is C24H47NO2P+. The molecule has 0 N–H and O–H groups in total. The molecule has 0 aromatic carbocycles. The summed E-state index contributed by atoms with van der Waals surface area (Å²) in [6.07, 6.45) is 24.3. The molecule has 0 saturated heterocycles. The van der Waals surface area contributed by atoms with Gasteiger partial charge in [0.15, 0.2) is 0 Å². The molecular weight excluding hydrogens is 365 g/mol. The fourth-order valence-corrected chi connectivity index (χ4v) is 5.06. The molecule has 1 atom stereocenters. The van der Waals surface area contributed by atoms with Gasteiger partial charge in [0.25, 0.3) is 0 Å². The third kappa shape index (κ3) is 11.4. The number of quaternary nitrogens is 1. The molecule has 28 heavy (non-hydrogen) atoms. The Bertz CT molecular complexity index is 483. The highest BCUT2D eigenvalue weighted by atomic mass is 31.1. The van der Waals surface area contributed by atoms with Crippen LogP contribution in [0.4, 0.5) is 0 Å². The molecule has 0 saturated carbocycles. The molecule has 1 unspecified atom stereocenters. The lowest BCUT2D eigenvalue weighted by atomic mass is 10.0. The molecule has 0 aromatic rings. The minimum Gasteiger partial charge on any atom is -0.314 e. The van der Waals surface area contributed by atoms with Crippen molar-refractivity contribution in [3.63, 3.8) is 0 Å².